The molecule has 2 rings (SSSR count). The number of hydrogen-bond acceptors (Lipinski definition) is 8. The van der Waals surface area contributed by atoms with E-state index in [9.17, 15) is 0 Å². The monoisotopic (exact) mass is 355 g/mol. The van der Waals surface area contributed by atoms with Crippen LogP contribution in [0, 0.1) is 0 Å². The Hall–Kier alpha value is 1.37. The van der Waals surface area contributed by atoms with Crippen LogP contribution >= 0.6 is 73.1 Å². The summed E-state index contributed by atoms with van der Waals surface area (Å²) >= 11 is 5.59. The molecule has 8 heteroatoms. The normalized spacial score (nSPS) is 26.3. The minimum Gasteiger partial charge on any atom is -0.297 e. The predicted octanol–water partition coefficient (Wildman–Crippen LogP) is 5.37. The maximum Gasteiger partial charge on any atom is 0.144 e. The Kier molecular flexibility index (Phi) is 6.28. The lowest BCUT2D eigenvalue weighted by molar-refractivity contribution is 0.709. The van der Waals surface area contributed by atoms with Gasteiger partial charge >= 0.3 is 0 Å². The summed E-state index contributed by atoms with van der Waals surface area (Å²) in [6, 6.07) is 10.4. The van der Waals surface area contributed by atoms with E-state index in [-0.39, 0.29) is 4.87 Å². The van der Waals surface area contributed by atoms with Crippen molar-refractivity contribution in [1.82, 2.24) is 5.32 Å². The summed E-state index contributed by atoms with van der Waals surface area (Å²) in [6.07, 6.45) is 0. The highest BCUT2D eigenvalue weighted by Gasteiger charge is 2.38. The molecule has 1 saturated heterocycles. The largest absolute Gasteiger partial charge is 0.297 e. The molecule has 0 amide bonds. The number of hydrogen-bond donors (Lipinski definition) is 1. The average molecular weight is 356 g/mol. The van der Waals surface area contributed by atoms with Crippen molar-refractivity contribution in [1.29, 1.82) is 0 Å². The van der Waals surface area contributed by atoms with Gasteiger partial charge in [-0.3, -0.25) is 5.32 Å². The summed E-state index contributed by atoms with van der Waals surface area (Å²) < 4.78 is 0.974. The fourth-order valence-corrected chi connectivity index (χ4v) is 14.9. The first-order chi connectivity index (χ1) is 8.29. The molecule has 1 aliphatic rings. The first-order valence-corrected chi connectivity index (χ1v) is 12.5. The van der Waals surface area contributed by atoms with Crippen molar-refractivity contribution < 1.29 is 0 Å². The van der Waals surface area contributed by atoms with Gasteiger partial charge in [0.1, 0.15) is 4.87 Å². The van der Waals surface area contributed by atoms with E-state index < -0.39 is 0 Å². The molecular formula is C9H9NS7. The molecule has 1 unspecified atom stereocenters. The van der Waals surface area contributed by atoms with Crippen LogP contribution in [0.5, 0.6) is 0 Å². The summed E-state index contributed by atoms with van der Waals surface area (Å²) in [7, 11) is 12.5. The third-order valence-corrected chi connectivity index (χ3v) is 14.3. The Bertz CT molecular complexity index is 384. The highest BCUT2D eigenvalue weighted by atomic mass is 33.9. The van der Waals surface area contributed by atoms with Crippen molar-refractivity contribution in [3.63, 3.8) is 0 Å². The van der Waals surface area contributed by atoms with E-state index in [1.165, 1.54) is 5.56 Å². The van der Waals surface area contributed by atoms with Crippen LogP contribution in [0.3, 0.4) is 0 Å². The van der Waals surface area contributed by atoms with Gasteiger partial charge in [-0.05, 0) is 73.5 Å². The number of thiocarbonyl (C=S) groups is 1. The Morgan fingerprint density at radius 1 is 1.06 bits per heavy atom. The van der Waals surface area contributed by atoms with Crippen molar-refractivity contribution in [2.45, 2.75) is 4.87 Å². The van der Waals surface area contributed by atoms with Crippen LogP contribution in [0.1, 0.15) is 5.56 Å². The highest BCUT2D eigenvalue weighted by Crippen LogP contribution is 2.61. The minimum atomic E-state index is -0.285. The first kappa shape index (κ1) is 14.8. The summed E-state index contributed by atoms with van der Waals surface area (Å²) in [5, 5.41) is 3.40. The summed E-state index contributed by atoms with van der Waals surface area (Å²) in [6.45, 7) is 0. The van der Waals surface area contributed by atoms with Crippen molar-refractivity contribution >= 4 is 77.3 Å². The van der Waals surface area contributed by atoms with Crippen LogP contribution in [0.25, 0.3) is 0 Å². The number of nitrogens with one attached hydrogen (secondary N) is 1. The zero-order chi connectivity index (χ0) is 12.1. The smallest absolute Gasteiger partial charge is 0.144 e. The molecule has 0 spiro atoms. The van der Waals surface area contributed by atoms with Crippen molar-refractivity contribution in [3.05, 3.63) is 35.9 Å². The zero-order valence-corrected chi connectivity index (χ0v) is 14.5. The third-order valence-electron chi connectivity index (χ3n) is 2.17. The van der Waals surface area contributed by atoms with Gasteiger partial charge in [0.05, 0.1) is 4.20 Å². The van der Waals surface area contributed by atoms with Gasteiger partial charge in [-0.25, -0.2) is 0 Å². The van der Waals surface area contributed by atoms with Crippen LogP contribution in [0.2, 0.25) is 0 Å². The standard InChI is InChI=1S/C9H9NS7/c1-10-9(7-5-3-2-4-6-7)8(11)12-14-16-17-15-13-9/h2-6,10H,1H3. The highest BCUT2D eigenvalue weighted by molar-refractivity contribution is 9.43. The van der Waals surface area contributed by atoms with E-state index >= 15 is 0 Å². The molecule has 1 fully saturated rings. The Labute approximate surface area is 129 Å². The fraction of sp³-hybridized carbons (Fsp3) is 0.222. The minimum absolute atomic E-state index is 0.285. The van der Waals surface area contributed by atoms with Crippen LogP contribution < -0.4 is 5.32 Å². The zero-order valence-electron chi connectivity index (χ0n) is 8.74. The average Bonchev–Trinajstić information content (AvgIpc) is 2.36. The molecule has 1 aliphatic heterocycles. The maximum absolute atomic E-state index is 5.59. The van der Waals surface area contributed by atoms with E-state index in [0.717, 1.165) is 4.20 Å². The Balaban J connectivity index is 2.35. The lowest BCUT2D eigenvalue weighted by Gasteiger charge is -2.33. The second-order valence-corrected chi connectivity index (χ2v) is 13.1. The molecule has 0 aromatic heterocycles. The molecular weight excluding hydrogens is 347 g/mol. The lowest BCUT2D eigenvalue weighted by Crippen LogP contribution is -2.41. The molecule has 1 aromatic rings. The van der Waals surface area contributed by atoms with E-state index in [2.05, 4.69) is 29.6 Å². The van der Waals surface area contributed by atoms with E-state index in [4.69, 9.17) is 12.2 Å². The summed E-state index contributed by atoms with van der Waals surface area (Å²) in [5.41, 5.74) is 1.21. The van der Waals surface area contributed by atoms with Gasteiger partial charge in [-0.15, -0.1) is 0 Å². The van der Waals surface area contributed by atoms with Crippen molar-refractivity contribution in [3.8, 4) is 0 Å². The van der Waals surface area contributed by atoms with Gasteiger partial charge in [0.2, 0.25) is 0 Å². The maximum atomic E-state index is 5.59. The van der Waals surface area contributed by atoms with Gasteiger partial charge in [0.15, 0.2) is 0 Å². The topological polar surface area (TPSA) is 12.0 Å². The molecule has 1 N–H and O–H groups in total. The molecule has 0 saturated carbocycles. The molecule has 1 atom stereocenters. The lowest BCUT2D eigenvalue weighted by atomic mass is 10.1. The van der Waals surface area contributed by atoms with Gasteiger partial charge < -0.3 is 0 Å². The predicted molar refractivity (Wildman–Crippen MR) is 95.3 cm³/mol. The molecule has 0 bridgehead atoms. The molecule has 1 heterocycles. The third kappa shape index (κ3) is 3.47. The Morgan fingerprint density at radius 3 is 2.47 bits per heavy atom. The molecule has 92 valence electrons. The fourth-order valence-electron chi connectivity index (χ4n) is 1.35. The quantitative estimate of drug-likeness (QED) is 0.554. The summed E-state index contributed by atoms with van der Waals surface area (Å²) in [4.78, 5) is -0.285. The molecule has 17 heavy (non-hydrogen) atoms. The Morgan fingerprint density at radius 2 is 1.76 bits per heavy atom. The van der Waals surface area contributed by atoms with E-state index in [0.29, 0.717) is 0 Å². The van der Waals surface area contributed by atoms with Gasteiger partial charge in [0, 0.05) is 0 Å². The molecule has 1 nitrogen and oxygen atoms in total. The first-order valence-electron chi connectivity index (χ1n) is 4.61. The second kappa shape index (κ2) is 7.23. The van der Waals surface area contributed by atoms with Gasteiger partial charge in [-0.1, -0.05) is 42.5 Å². The van der Waals surface area contributed by atoms with Crippen LogP contribution in [0.15, 0.2) is 30.3 Å². The SMILES string of the molecule is CNC1(c2ccccc2)SSSSSSC1=S. The van der Waals surface area contributed by atoms with Crippen molar-refractivity contribution in [2.75, 3.05) is 7.05 Å². The van der Waals surface area contributed by atoms with E-state index in [1.807, 2.05) is 13.1 Å². The van der Waals surface area contributed by atoms with Crippen molar-refractivity contribution in [2.24, 2.45) is 0 Å². The van der Waals surface area contributed by atoms with Gasteiger partial charge in [0.25, 0.3) is 0 Å². The van der Waals surface area contributed by atoms with Crippen LogP contribution in [0.4, 0.5) is 0 Å². The van der Waals surface area contributed by atoms with Crippen LogP contribution in [-0.2, 0) is 4.87 Å². The molecule has 1 aromatic carbocycles. The van der Waals surface area contributed by atoms with E-state index in [1.54, 1.807) is 60.9 Å². The number of rotatable bonds is 2. The number of benzene rings is 1. The molecule has 0 aliphatic carbocycles. The van der Waals surface area contributed by atoms with Gasteiger partial charge in [-0.2, -0.15) is 0 Å². The summed E-state index contributed by atoms with van der Waals surface area (Å²) in [5.74, 6) is 0. The molecule has 0 radical (unpaired) electrons. The van der Waals surface area contributed by atoms with Crippen LogP contribution in [-0.4, -0.2) is 11.2 Å². The second-order valence-electron chi connectivity index (χ2n) is 3.02.